The van der Waals surface area contributed by atoms with Gasteiger partial charge in [0.15, 0.2) is 4.34 Å². The third-order valence-corrected chi connectivity index (χ3v) is 5.70. The highest BCUT2D eigenvalue weighted by Gasteiger charge is 2.12. The lowest BCUT2D eigenvalue weighted by Crippen LogP contribution is -2.14. The summed E-state index contributed by atoms with van der Waals surface area (Å²) in [5, 5.41) is 13.7. The molecule has 1 N–H and O–H groups in total. The normalized spacial score (nSPS) is 10.8. The zero-order chi connectivity index (χ0) is 16.9. The van der Waals surface area contributed by atoms with Crippen LogP contribution in [-0.2, 0) is 11.2 Å². The zero-order valence-electron chi connectivity index (χ0n) is 12.7. The summed E-state index contributed by atoms with van der Waals surface area (Å²) in [6.07, 6.45) is 0.160. The Kier molecular flexibility index (Phi) is 5.54. The Bertz CT molecular complexity index is 831. The second-order valence-corrected chi connectivity index (χ2v) is 8.03. The predicted octanol–water partition coefficient (Wildman–Crippen LogP) is 4.09. The van der Waals surface area contributed by atoms with E-state index in [0.717, 1.165) is 20.7 Å². The van der Waals surface area contributed by atoms with E-state index in [9.17, 15) is 9.18 Å². The van der Waals surface area contributed by atoms with E-state index in [1.807, 2.05) is 12.3 Å². The highest BCUT2D eigenvalue weighted by Crippen LogP contribution is 2.26. The van der Waals surface area contributed by atoms with Gasteiger partial charge in [0.2, 0.25) is 11.0 Å². The molecule has 0 aliphatic rings. The lowest BCUT2D eigenvalue weighted by atomic mass is 10.2. The molecule has 0 aliphatic carbocycles. The fraction of sp³-hybridized carbons (Fsp3) is 0.200. The molecule has 5 nitrogen and oxygen atoms in total. The molecule has 9 heteroatoms. The Morgan fingerprint density at radius 1 is 1.29 bits per heavy atom. The van der Waals surface area contributed by atoms with Crippen molar-refractivity contribution in [3.63, 3.8) is 0 Å². The van der Waals surface area contributed by atoms with E-state index in [2.05, 4.69) is 20.5 Å². The van der Waals surface area contributed by atoms with Crippen LogP contribution in [0.15, 0.2) is 34.0 Å². The fourth-order valence-electron chi connectivity index (χ4n) is 1.88. The second kappa shape index (κ2) is 7.82. The van der Waals surface area contributed by atoms with Crippen LogP contribution in [0.1, 0.15) is 12.6 Å². The summed E-state index contributed by atoms with van der Waals surface area (Å²) < 4.78 is 13.8. The molecule has 3 aromatic rings. The molecule has 124 valence electrons. The molecule has 0 saturated carbocycles. The van der Waals surface area contributed by atoms with Gasteiger partial charge in [-0.1, -0.05) is 30.0 Å². The molecule has 1 aromatic carbocycles. The number of thioether (sulfide) groups is 1. The average Bonchev–Trinajstić information content (AvgIpc) is 3.18. The van der Waals surface area contributed by atoms with Crippen molar-refractivity contribution in [3.8, 4) is 10.6 Å². The molecule has 3 rings (SSSR count). The third kappa shape index (κ3) is 4.37. The van der Waals surface area contributed by atoms with Crippen molar-refractivity contribution in [2.45, 2.75) is 17.7 Å². The van der Waals surface area contributed by atoms with Crippen LogP contribution in [0.2, 0.25) is 0 Å². The van der Waals surface area contributed by atoms with Crippen molar-refractivity contribution in [1.82, 2.24) is 15.2 Å². The fourth-order valence-corrected chi connectivity index (χ4v) is 4.37. The van der Waals surface area contributed by atoms with Gasteiger partial charge in [-0.3, -0.25) is 4.79 Å². The van der Waals surface area contributed by atoms with Gasteiger partial charge in [0, 0.05) is 10.9 Å². The minimum atomic E-state index is -0.285. The summed E-state index contributed by atoms with van der Waals surface area (Å²) in [4.78, 5) is 16.5. The van der Waals surface area contributed by atoms with Gasteiger partial charge in [-0.2, -0.15) is 0 Å². The topological polar surface area (TPSA) is 67.8 Å². The molecule has 0 aliphatic heterocycles. The Morgan fingerprint density at radius 2 is 2.08 bits per heavy atom. The molecule has 2 aromatic heterocycles. The molecular weight excluding hydrogens is 367 g/mol. The maximum Gasteiger partial charge on any atom is 0.232 e. The first kappa shape index (κ1) is 17.0. The van der Waals surface area contributed by atoms with E-state index in [1.54, 1.807) is 23.9 Å². The molecule has 0 fully saturated rings. The molecule has 24 heavy (non-hydrogen) atoms. The molecule has 0 spiro atoms. The Labute approximate surface area is 150 Å². The van der Waals surface area contributed by atoms with Crippen LogP contribution >= 0.6 is 34.4 Å². The van der Waals surface area contributed by atoms with Crippen molar-refractivity contribution in [2.75, 3.05) is 11.1 Å². The summed E-state index contributed by atoms with van der Waals surface area (Å²) in [5.74, 6) is 0.441. The number of carbonyl (C=O) groups excluding carboxylic acids is 1. The Hall–Kier alpha value is -1.84. The molecule has 0 radical (unpaired) electrons. The van der Waals surface area contributed by atoms with Crippen molar-refractivity contribution >= 4 is 45.5 Å². The quantitative estimate of drug-likeness (QED) is 0.515. The maximum atomic E-state index is 13.0. The van der Waals surface area contributed by atoms with Gasteiger partial charge in [0.25, 0.3) is 0 Å². The van der Waals surface area contributed by atoms with Crippen molar-refractivity contribution < 1.29 is 9.18 Å². The predicted molar refractivity (Wildman–Crippen MR) is 96.1 cm³/mol. The first-order valence-electron chi connectivity index (χ1n) is 7.10. The first-order chi connectivity index (χ1) is 11.6. The minimum absolute atomic E-state index is 0.160. The second-order valence-electron chi connectivity index (χ2n) is 4.68. The van der Waals surface area contributed by atoms with E-state index < -0.39 is 0 Å². The highest BCUT2D eigenvalue weighted by molar-refractivity contribution is 8.01. The number of thiazole rings is 1. The molecule has 0 unspecified atom stereocenters. The number of amides is 1. The van der Waals surface area contributed by atoms with Gasteiger partial charge in [-0.15, -0.1) is 21.5 Å². The number of benzene rings is 1. The van der Waals surface area contributed by atoms with Crippen molar-refractivity contribution in [1.29, 1.82) is 0 Å². The van der Waals surface area contributed by atoms with Gasteiger partial charge in [-0.25, -0.2) is 9.37 Å². The van der Waals surface area contributed by atoms with Gasteiger partial charge in [0.05, 0.1) is 12.1 Å². The zero-order valence-corrected chi connectivity index (χ0v) is 15.1. The summed E-state index contributed by atoms with van der Waals surface area (Å²) in [7, 11) is 0. The lowest BCUT2D eigenvalue weighted by molar-refractivity contribution is -0.115. The van der Waals surface area contributed by atoms with E-state index in [0.29, 0.717) is 10.8 Å². The van der Waals surface area contributed by atoms with Crippen LogP contribution in [0.25, 0.3) is 10.6 Å². The summed E-state index contributed by atoms with van der Waals surface area (Å²) in [6, 6.07) is 6.13. The number of anilines is 1. The van der Waals surface area contributed by atoms with E-state index in [-0.39, 0.29) is 18.1 Å². The number of halogens is 1. The van der Waals surface area contributed by atoms with Crippen LogP contribution in [0, 0.1) is 5.82 Å². The largest absolute Gasteiger partial charge is 0.300 e. The number of carbonyl (C=O) groups is 1. The molecule has 0 saturated heterocycles. The molecular formula is C15H13FN4OS3. The highest BCUT2D eigenvalue weighted by atomic mass is 32.2. The smallest absolute Gasteiger partial charge is 0.232 e. The Balaban J connectivity index is 1.61. The number of rotatable bonds is 6. The van der Waals surface area contributed by atoms with Crippen LogP contribution in [-0.4, -0.2) is 26.8 Å². The van der Waals surface area contributed by atoms with Crippen LogP contribution in [0.4, 0.5) is 9.52 Å². The Morgan fingerprint density at radius 3 is 2.83 bits per heavy atom. The van der Waals surface area contributed by atoms with Crippen LogP contribution in [0.5, 0.6) is 0 Å². The van der Waals surface area contributed by atoms with Gasteiger partial charge in [0.1, 0.15) is 10.8 Å². The average molecular weight is 380 g/mol. The SMILES string of the molecule is CCSc1nnc(NC(=O)Cc2csc(-c3ccc(F)cc3)n2)s1. The standard InChI is InChI=1S/C15H13FN4OS3/c1-2-22-15-20-19-14(24-15)18-12(21)7-11-8-23-13(17-11)9-3-5-10(16)6-4-9/h3-6,8H,2,7H2,1H3,(H,18,19,21). The molecule has 0 bridgehead atoms. The summed E-state index contributed by atoms with van der Waals surface area (Å²) in [5.41, 5.74) is 1.50. The summed E-state index contributed by atoms with van der Waals surface area (Å²) >= 11 is 4.37. The number of nitrogens with zero attached hydrogens (tertiary/aromatic N) is 3. The summed E-state index contributed by atoms with van der Waals surface area (Å²) in [6.45, 7) is 2.03. The maximum absolute atomic E-state index is 13.0. The lowest BCUT2D eigenvalue weighted by Gasteiger charge is -1.98. The molecule has 1 amide bonds. The number of hydrogen-bond acceptors (Lipinski definition) is 7. The van der Waals surface area contributed by atoms with Crippen molar-refractivity contribution in [3.05, 3.63) is 41.2 Å². The van der Waals surface area contributed by atoms with Gasteiger partial charge in [-0.05, 0) is 30.0 Å². The third-order valence-electron chi connectivity index (χ3n) is 2.91. The van der Waals surface area contributed by atoms with Gasteiger partial charge >= 0.3 is 0 Å². The van der Waals surface area contributed by atoms with E-state index in [1.165, 1.54) is 34.8 Å². The number of aromatic nitrogens is 3. The number of hydrogen-bond donors (Lipinski definition) is 1. The molecule has 2 heterocycles. The van der Waals surface area contributed by atoms with Crippen LogP contribution in [0.3, 0.4) is 0 Å². The van der Waals surface area contributed by atoms with Gasteiger partial charge < -0.3 is 5.32 Å². The van der Waals surface area contributed by atoms with E-state index >= 15 is 0 Å². The monoisotopic (exact) mass is 380 g/mol. The van der Waals surface area contributed by atoms with Crippen molar-refractivity contribution in [2.24, 2.45) is 0 Å². The molecule has 0 atom stereocenters. The van der Waals surface area contributed by atoms with E-state index in [4.69, 9.17) is 0 Å². The van der Waals surface area contributed by atoms with Crippen LogP contribution < -0.4 is 5.32 Å². The first-order valence-corrected chi connectivity index (χ1v) is 9.78. The minimum Gasteiger partial charge on any atom is -0.300 e. The number of nitrogens with one attached hydrogen (secondary N) is 1.